The van der Waals surface area contributed by atoms with Crippen LogP contribution in [-0.4, -0.2) is 54.8 Å². The molecular formula is C15H23N3O3S. The van der Waals surface area contributed by atoms with Crippen molar-refractivity contribution in [3.8, 4) is 0 Å². The average Bonchev–Trinajstić information content (AvgIpc) is 2.86. The van der Waals surface area contributed by atoms with Gasteiger partial charge in [-0.15, -0.1) is 0 Å². The van der Waals surface area contributed by atoms with E-state index < -0.39 is 9.84 Å². The summed E-state index contributed by atoms with van der Waals surface area (Å²) in [6, 6.07) is 3.28. The SMILES string of the molecule is CCCNc1ccc(C(=O)N(CC)C2CCS(=O)(=O)C2)nc1. The van der Waals surface area contributed by atoms with Crippen LogP contribution in [0.2, 0.25) is 0 Å². The highest BCUT2D eigenvalue weighted by atomic mass is 32.2. The number of hydrogen-bond donors (Lipinski definition) is 1. The predicted octanol–water partition coefficient (Wildman–Crippen LogP) is 1.55. The third-order valence-corrected chi connectivity index (χ3v) is 5.56. The van der Waals surface area contributed by atoms with E-state index in [4.69, 9.17) is 0 Å². The first kappa shape index (κ1) is 16.7. The summed E-state index contributed by atoms with van der Waals surface area (Å²) in [5.41, 5.74) is 1.23. The summed E-state index contributed by atoms with van der Waals surface area (Å²) in [5.74, 6) is 0.0175. The minimum atomic E-state index is -3.01. The molecule has 0 spiro atoms. The van der Waals surface area contributed by atoms with Crippen LogP contribution in [0, 0.1) is 0 Å². The van der Waals surface area contributed by atoms with Gasteiger partial charge >= 0.3 is 0 Å². The number of aromatic nitrogens is 1. The van der Waals surface area contributed by atoms with Gasteiger partial charge in [0, 0.05) is 19.1 Å². The van der Waals surface area contributed by atoms with Crippen LogP contribution in [0.1, 0.15) is 37.2 Å². The predicted molar refractivity (Wildman–Crippen MR) is 86.8 cm³/mol. The molecular weight excluding hydrogens is 302 g/mol. The Labute approximate surface area is 131 Å². The highest BCUT2D eigenvalue weighted by Crippen LogP contribution is 2.19. The molecule has 1 amide bonds. The maximum Gasteiger partial charge on any atom is 0.272 e. The zero-order valence-corrected chi connectivity index (χ0v) is 13.9. The molecule has 7 heteroatoms. The van der Waals surface area contributed by atoms with Gasteiger partial charge in [-0.3, -0.25) is 4.79 Å². The van der Waals surface area contributed by atoms with Crippen molar-refractivity contribution in [2.45, 2.75) is 32.7 Å². The van der Waals surface area contributed by atoms with Crippen LogP contribution in [0.5, 0.6) is 0 Å². The second-order valence-corrected chi connectivity index (χ2v) is 7.74. The summed E-state index contributed by atoms with van der Waals surface area (Å²) in [5, 5.41) is 3.20. The molecule has 2 rings (SSSR count). The molecule has 0 bridgehead atoms. The topological polar surface area (TPSA) is 79.4 Å². The Kier molecular flexibility index (Phi) is 5.39. The number of anilines is 1. The molecule has 2 heterocycles. The second kappa shape index (κ2) is 7.09. The first-order valence-electron chi connectivity index (χ1n) is 7.68. The van der Waals surface area contributed by atoms with Crippen molar-refractivity contribution in [3.05, 3.63) is 24.0 Å². The zero-order valence-electron chi connectivity index (χ0n) is 13.1. The Bertz CT molecular complexity index is 613. The molecule has 1 aliphatic rings. The largest absolute Gasteiger partial charge is 0.384 e. The highest BCUT2D eigenvalue weighted by molar-refractivity contribution is 7.91. The fourth-order valence-corrected chi connectivity index (χ4v) is 4.36. The van der Waals surface area contributed by atoms with E-state index in [1.165, 1.54) is 0 Å². The quantitative estimate of drug-likeness (QED) is 0.858. The normalized spacial score (nSPS) is 19.8. The Morgan fingerprint density at radius 1 is 1.41 bits per heavy atom. The summed E-state index contributed by atoms with van der Waals surface area (Å²) >= 11 is 0. The number of nitrogens with zero attached hydrogens (tertiary/aromatic N) is 2. The van der Waals surface area contributed by atoms with E-state index in [1.807, 2.05) is 13.0 Å². The Morgan fingerprint density at radius 3 is 2.68 bits per heavy atom. The molecule has 0 radical (unpaired) electrons. The number of carbonyl (C=O) groups excluding carboxylic acids is 1. The van der Waals surface area contributed by atoms with Crippen LogP contribution >= 0.6 is 0 Å². The number of sulfone groups is 1. The fourth-order valence-electron chi connectivity index (χ4n) is 2.63. The molecule has 1 aromatic rings. The average molecular weight is 325 g/mol. The summed E-state index contributed by atoms with van der Waals surface area (Å²) in [6.07, 6.45) is 3.17. The second-order valence-electron chi connectivity index (χ2n) is 5.51. The van der Waals surface area contributed by atoms with Crippen LogP contribution in [-0.2, 0) is 9.84 Å². The molecule has 1 fully saturated rings. The number of hydrogen-bond acceptors (Lipinski definition) is 5. The van der Waals surface area contributed by atoms with Crippen molar-refractivity contribution in [2.75, 3.05) is 29.9 Å². The van der Waals surface area contributed by atoms with Crippen molar-refractivity contribution < 1.29 is 13.2 Å². The first-order valence-corrected chi connectivity index (χ1v) is 9.50. The van der Waals surface area contributed by atoms with Crippen LogP contribution in [0.4, 0.5) is 5.69 Å². The van der Waals surface area contributed by atoms with Gasteiger partial charge < -0.3 is 10.2 Å². The monoisotopic (exact) mass is 325 g/mol. The lowest BCUT2D eigenvalue weighted by Crippen LogP contribution is -2.41. The van der Waals surface area contributed by atoms with Crippen LogP contribution in [0.15, 0.2) is 18.3 Å². The van der Waals surface area contributed by atoms with Gasteiger partial charge in [0.25, 0.3) is 5.91 Å². The Hall–Kier alpha value is -1.63. The van der Waals surface area contributed by atoms with E-state index in [1.54, 1.807) is 17.2 Å². The van der Waals surface area contributed by atoms with E-state index in [9.17, 15) is 13.2 Å². The molecule has 1 saturated heterocycles. The van der Waals surface area contributed by atoms with Crippen molar-refractivity contribution in [2.24, 2.45) is 0 Å². The molecule has 1 aromatic heterocycles. The van der Waals surface area contributed by atoms with Crippen LogP contribution < -0.4 is 5.32 Å². The van der Waals surface area contributed by atoms with Crippen molar-refractivity contribution in [1.29, 1.82) is 0 Å². The van der Waals surface area contributed by atoms with Gasteiger partial charge in [0.15, 0.2) is 9.84 Å². The summed E-state index contributed by atoms with van der Waals surface area (Å²) in [4.78, 5) is 18.4. The van der Waals surface area contributed by atoms with Gasteiger partial charge in [-0.05, 0) is 31.9 Å². The lowest BCUT2D eigenvalue weighted by atomic mass is 10.2. The highest BCUT2D eigenvalue weighted by Gasteiger charge is 2.34. The van der Waals surface area contributed by atoms with E-state index in [0.29, 0.717) is 18.7 Å². The zero-order chi connectivity index (χ0) is 16.2. The van der Waals surface area contributed by atoms with Gasteiger partial charge in [0.1, 0.15) is 5.69 Å². The molecule has 122 valence electrons. The summed E-state index contributed by atoms with van der Waals surface area (Å²) in [7, 11) is -3.01. The number of rotatable bonds is 6. The third kappa shape index (κ3) is 3.97. The van der Waals surface area contributed by atoms with E-state index in [2.05, 4.69) is 17.2 Å². The molecule has 1 unspecified atom stereocenters. The first-order chi connectivity index (χ1) is 10.5. The van der Waals surface area contributed by atoms with Gasteiger partial charge in [-0.1, -0.05) is 6.92 Å². The third-order valence-electron chi connectivity index (χ3n) is 3.81. The van der Waals surface area contributed by atoms with Crippen LogP contribution in [0.25, 0.3) is 0 Å². The molecule has 0 saturated carbocycles. The maximum absolute atomic E-state index is 12.5. The van der Waals surface area contributed by atoms with Crippen molar-refractivity contribution in [1.82, 2.24) is 9.88 Å². The van der Waals surface area contributed by atoms with Crippen LogP contribution in [0.3, 0.4) is 0 Å². The number of carbonyl (C=O) groups is 1. The van der Waals surface area contributed by atoms with Gasteiger partial charge in [0.05, 0.1) is 23.4 Å². The van der Waals surface area contributed by atoms with Crippen molar-refractivity contribution in [3.63, 3.8) is 0 Å². The Balaban J connectivity index is 2.08. The van der Waals surface area contributed by atoms with E-state index >= 15 is 0 Å². The van der Waals surface area contributed by atoms with Gasteiger partial charge in [-0.2, -0.15) is 0 Å². The van der Waals surface area contributed by atoms with Gasteiger partial charge in [-0.25, -0.2) is 13.4 Å². The lowest BCUT2D eigenvalue weighted by molar-refractivity contribution is 0.0702. The Morgan fingerprint density at radius 2 is 2.18 bits per heavy atom. The molecule has 1 N–H and O–H groups in total. The molecule has 0 aliphatic carbocycles. The standard InChI is InChI=1S/C15H23N3O3S/c1-3-8-16-12-5-6-14(17-10-12)15(19)18(4-2)13-7-9-22(20,21)11-13/h5-6,10,13,16H,3-4,7-9,11H2,1-2H3. The smallest absolute Gasteiger partial charge is 0.272 e. The molecule has 22 heavy (non-hydrogen) atoms. The number of pyridine rings is 1. The van der Waals surface area contributed by atoms with Gasteiger partial charge in [0.2, 0.25) is 0 Å². The molecule has 1 atom stereocenters. The minimum Gasteiger partial charge on any atom is -0.384 e. The lowest BCUT2D eigenvalue weighted by Gasteiger charge is -2.26. The molecule has 6 nitrogen and oxygen atoms in total. The molecule has 1 aliphatic heterocycles. The molecule has 0 aromatic carbocycles. The summed E-state index contributed by atoms with van der Waals surface area (Å²) in [6.45, 7) is 5.28. The van der Waals surface area contributed by atoms with E-state index in [0.717, 1.165) is 18.7 Å². The minimum absolute atomic E-state index is 0.0583. The van der Waals surface area contributed by atoms with Crippen molar-refractivity contribution >= 4 is 21.4 Å². The maximum atomic E-state index is 12.5. The van der Waals surface area contributed by atoms with E-state index in [-0.39, 0.29) is 23.5 Å². The number of amides is 1. The number of nitrogens with one attached hydrogen (secondary N) is 1. The fraction of sp³-hybridized carbons (Fsp3) is 0.600. The summed E-state index contributed by atoms with van der Waals surface area (Å²) < 4.78 is 23.2.